The Bertz CT molecular complexity index is 940. The van der Waals surface area contributed by atoms with E-state index in [2.05, 4.69) is 0 Å². The Morgan fingerprint density at radius 2 is 1.32 bits per heavy atom. The van der Waals surface area contributed by atoms with Crippen molar-refractivity contribution in [2.75, 3.05) is 11.4 Å². The number of nitrogens with zero attached hydrogens (tertiary/aromatic N) is 1. The summed E-state index contributed by atoms with van der Waals surface area (Å²) in [6.07, 6.45) is -10.0. The summed E-state index contributed by atoms with van der Waals surface area (Å²) in [4.78, 5) is 13.4. The average molecular weight is 613 g/mol. The van der Waals surface area contributed by atoms with E-state index in [4.69, 9.17) is 4.74 Å². The van der Waals surface area contributed by atoms with E-state index in [0.717, 1.165) is 4.90 Å². The third-order valence-corrected chi connectivity index (χ3v) is 5.40. The number of halogens is 10. The molecule has 13 heteroatoms. The molecular formula is C21H17F9INO2. The fraction of sp³-hybridized carbons (Fsp3) is 0.381. The lowest BCUT2D eigenvalue weighted by Crippen LogP contribution is -2.61. The zero-order valence-corrected chi connectivity index (χ0v) is 19.2. The predicted molar refractivity (Wildman–Crippen MR) is 114 cm³/mol. The number of ether oxygens (including phenoxy) is 1. The minimum absolute atomic E-state index is 0.109. The quantitative estimate of drug-likeness (QED) is 0.167. The van der Waals surface area contributed by atoms with E-state index >= 15 is 0 Å². The van der Waals surface area contributed by atoms with Crippen molar-refractivity contribution >= 4 is 34.4 Å². The second-order valence-electron chi connectivity index (χ2n) is 7.14. The number of para-hydroxylation sites is 1. The van der Waals surface area contributed by atoms with Crippen LogP contribution in [0.2, 0.25) is 0 Å². The molecule has 0 radical (unpaired) electrons. The predicted octanol–water partition coefficient (Wildman–Crippen LogP) is 7.49. The van der Waals surface area contributed by atoms with Gasteiger partial charge in [-0.25, -0.2) is 4.79 Å². The summed E-state index contributed by atoms with van der Waals surface area (Å²) in [5.41, 5.74) is 0.688. The van der Waals surface area contributed by atoms with Gasteiger partial charge in [-0.05, 0) is 17.7 Å². The van der Waals surface area contributed by atoms with Gasteiger partial charge in [-0.15, -0.1) is 0 Å². The third-order valence-electron chi connectivity index (χ3n) is 4.56. The molecule has 34 heavy (non-hydrogen) atoms. The van der Waals surface area contributed by atoms with E-state index < -0.39 is 46.9 Å². The molecule has 2 aromatic rings. The molecule has 0 fully saturated rings. The van der Waals surface area contributed by atoms with Crippen molar-refractivity contribution in [1.82, 2.24) is 0 Å². The molecule has 1 amide bonds. The van der Waals surface area contributed by atoms with Crippen molar-refractivity contribution < 1.29 is 49.0 Å². The number of amides is 1. The van der Waals surface area contributed by atoms with Crippen molar-refractivity contribution in [3.05, 3.63) is 66.2 Å². The summed E-state index contributed by atoms with van der Waals surface area (Å²) in [5.74, 6) is -19.4. The van der Waals surface area contributed by atoms with E-state index in [1.165, 1.54) is 46.9 Å². The highest BCUT2D eigenvalue weighted by molar-refractivity contribution is 14.1. The maximum Gasteiger partial charge on any atom is 0.460 e. The van der Waals surface area contributed by atoms with Crippen molar-refractivity contribution in [3.8, 4) is 0 Å². The number of anilines is 1. The van der Waals surface area contributed by atoms with Gasteiger partial charge in [0, 0.05) is 22.6 Å². The number of benzene rings is 2. The zero-order chi connectivity index (χ0) is 25.8. The van der Waals surface area contributed by atoms with Crippen LogP contribution < -0.4 is 4.90 Å². The Balaban J connectivity index is 2.20. The summed E-state index contributed by atoms with van der Waals surface area (Å²) in [6.45, 7) is -0.956. The Morgan fingerprint density at radius 1 is 0.824 bits per heavy atom. The first kappa shape index (κ1) is 28.1. The molecule has 0 aliphatic heterocycles. The first-order valence-electron chi connectivity index (χ1n) is 9.47. The molecule has 2 aromatic carbocycles. The average Bonchev–Trinajstić information content (AvgIpc) is 2.75. The van der Waals surface area contributed by atoms with Gasteiger partial charge >= 0.3 is 30.0 Å². The van der Waals surface area contributed by atoms with Crippen LogP contribution in [0.4, 0.5) is 50.0 Å². The summed E-state index contributed by atoms with van der Waals surface area (Å²) in [6, 6.07) is 15.6. The van der Waals surface area contributed by atoms with Crippen LogP contribution in [-0.2, 0) is 11.3 Å². The molecule has 0 saturated carbocycles. The van der Waals surface area contributed by atoms with Crippen molar-refractivity contribution in [2.45, 2.75) is 40.9 Å². The summed E-state index contributed by atoms with van der Waals surface area (Å²) < 4.78 is 122. The minimum atomic E-state index is -6.96. The highest BCUT2D eigenvalue weighted by Crippen LogP contribution is 2.54. The maximum atomic E-state index is 14.0. The van der Waals surface area contributed by atoms with Crippen molar-refractivity contribution in [2.24, 2.45) is 0 Å². The Kier molecular flexibility index (Phi) is 8.75. The molecule has 0 aromatic heterocycles. The molecule has 2 rings (SSSR count). The first-order chi connectivity index (χ1) is 15.6. The second-order valence-corrected chi connectivity index (χ2v) is 8.90. The van der Waals surface area contributed by atoms with Crippen LogP contribution in [0.3, 0.4) is 0 Å². The number of carbonyl (C=O) groups is 1. The standard InChI is InChI=1S/C21H17F9INO2/c22-18(23,19(24,25)20(26,27)21(28,29)30)11-15(31)12-32(16-9-5-2-6-10-16)17(33)34-13-14-7-3-1-4-8-14/h1-10,15H,11-13H2. The largest absolute Gasteiger partial charge is 0.460 e. The smallest absolute Gasteiger partial charge is 0.444 e. The molecule has 0 bridgehead atoms. The molecule has 188 valence electrons. The van der Waals surface area contributed by atoms with E-state index in [0.29, 0.717) is 5.56 Å². The highest BCUT2D eigenvalue weighted by atomic mass is 127. The van der Waals surface area contributed by atoms with Crippen LogP contribution in [-0.4, -0.2) is 40.5 Å². The van der Waals surface area contributed by atoms with Crippen LogP contribution in [0.5, 0.6) is 0 Å². The highest BCUT2D eigenvalue weighted by Gasteiger charge is 2.81. The van der Waals surface area contributed by atoms with E-state index in [1.807, 2.05) is 0 Å². The number of alkyl halides is 10. The Labute approximate surface area is 202 Å². The lowest BCUT2D eigenvalue weighted by atomic mass is 9.99. The fourth-order valence-electron chi connectivity index (χ4n) is 2.77. The molecule has 0 heterocycles. The summed E-state index contributed by atoms with van der Waals surface area (Å²) in [5, 5.41) is 0. The number of carbonyl (C=O) groups excluding carboxylic acids is 1. The Morgan fingerprint density at radius 3 is 1.82 bits per heavy atom. The topological polar surface area (TPSA) is 29.5 Å². The molecule has 3 nitrogen and oxygen atoms in total. The van der Waals surface area contributed by atoms with E-state index in [-0.39, 0.29) is 12.3 Å². The van der Waals surface area contributed by atoms with Crippen LogP contribution in [0.25, 0.3) is 0 Å². The first-order valence-corrected chi connectivity index (χ1v) is 10.7. The third kappa shape index (κ3) is 6.27. The normalized spacial score (nSPS) is 13.9. The van der Waals surface area contributed by atoms with Gasteiger partial charge in [0.15, 0.2) is 0 Å². The zero-order valence-electron chi connectivity index (χ0n) is 17.0. The molecule has 0 saturated heterocycles. The van der Waals surface area contributed by atoms with Crippen molar-refractivity contribution in [1.29, 1.82) is 0 Å². The van der Waals surface area contributed by atoms with Gasteiger partial charge in [-0.1, -0.05) is 71.1 Å². The van der Waals surface area contributed by atoms with Gasteiger partial charge in [0.25, 0.3) is 0 Å². The number of hydrogen-bond donors (Lipinski definition) is 0. The lowest BCUT2D eigenvalue weighted by molar-refractivity contribution is -0.396. The summed E-state index contributed by atoms with van der Waals surface area (Å²) >= 11 is 1.18. The maximum absolute atomic E-state index is 14.0. The molecule has 1 atom stereocenters. The van der Waals surface area contributed by atoms with Crippen molar-refractivity contribution in [3.63, 3.8) is 0 Å². The van der Waals surface area contributed by atoms with E-state index in [9.17, 15) is 44.3 Å². The molecule has 0 aliphatic carbocycles. The lowest BCUT2D eigenvalue weighted by Gasteiger charge is -2.35. The minimum Gasteiger partial charge on any atom is -0.444 e. The van der Waals surface area contributed by atoms with Gasteiger partial charge in [0.2, 0.25) is 0 Å². The molecule has 0 spiro atoms. The monoisotopic (exact) mass is 613 g/mol. The van der Waals surface area contributed by atoms with Gasteiger partial charge in [0.05, 0.1) is 0 Å². The SMILES string of the molecule is O=C(OCc1ccccc1)N(CC(I)CC(F)(F)C(F)(F)C(F)(F)C(F)(F)F)c1ccccc1. The number of hydrogen-bond acceptors (Lipinski definition) is 2. The second kappa shape index (κ2) is 10.6. The molecule has 0 N–H and O–H groups in total. The molecule has 1 unspecified atom stereocenters. The van der Waals surface area contributed by atoms with Gasteiger partial charge in [-0.3, -0.25) is 4.90 Å². The number of rotatable bonds is 9. The van der Waals surface area contributed by atoms with Crippen LogP contribution >= 0.6 is 22.6 Å². The van der Waals surface area contributed by atoms with E-state index in [1.54, 1.807) is 36.4 Å². The van der Waals surface area contributed by atoms with Crippen LogP contribution in [0.1, 0.15) is 12.0 Å². The van der Waals surface area contributed by atoms with Gasteiger partial charge in [0.1, 0.15) is 6.61 Å². The van der Waals surface area contributed by atoms with Crippen LogP contribution in [0, 0.1) is 0 Å². The molecular weight excluding hydrogens is 596 g/mol. The summed E-state index contributed by atoms with van der Waals surface area (Å²) in [7, 11) is 0. The fourth-order valence-corrected chi connectivity index (χ4v) is 3.71. The van der Waals surface area contributed by atoms with Gasteiger partial charge in [-0.2, -0.15) is 39.5 Å². The van der Waals surface area contributed by atoms with Crippen LogP contribution in [0.15, 0.2) is 60.7 Å². The Hall–Kier alpha value is -2.19. The van der Waals surface area contributed by atoms with Gasteiger partial charge < -0.3 is 4.74 Å². The molecule has 0 aliphatic rings.